The molecule has 0 unspecified atom stereocenters. The lowest BCUT2D eigenvalue weighted by atomic mass is 9.90. The number of amides is 2. The molecule has 1 aliphatic heterocycles. The van der Waals surface area contributed by atoms with E-state index >= 15 is 0 Å². The number of ether oxygens (including phenoxy) is 1. The fourth-order valence-electron chi connectivity index (χ4n) is 5.20. The first kappa shape index (κ1) is 28.7. The Bertz CT molecular complexity index is 1300. The van der Waals surface area contributed by atoms with Crippen LogP contribution >= 0.6 is 11.3 Å². The quantitative estimate of drug-likeness (QED) is 0.234. The Kier molecular flexibility index (Phi) is 10.3. The molecule has 0 aliphatic carbocycles. The van der Waals surface area contributed by atoms with Gasteiger partial charge in [0.05, 0.1) is 32.2 Å². The van der Waals surface area contributed by atoms with Crippen molar-refractivity contribution >= 4 is 23.2 Å². The van der Waals surface area contributed by atoms with Crippen LogP contribution < -0.4 is 0 Å². The van der Waals surface area contributed by atoms with E-state index in [4.69, 9.17) is 4.74 Å². The molecular formula is C34H37N3O3S. The number of nitrogens with zero attached hydrogens (tertiary/aromatic N) is 3. The van der Waals surface area contributed by atoms with Gasteiger partial charge < -0.3 is 14.5 Å². The van der Waals surface area contributed by atoms with E-state index in [1.54, 1.807) is 16.2 Å². The predicted molar refractivity (Wildman–Crippen MR) is 164 cm³/mol. The first-order valence-corrected chi connectivity index (χ1v) is 15.1. The summed E-state index contributed by atoms with van der Waals surface area (Å²) in [5.74, 6) is -0.605. The molecule has 6 nitrogen and oxygen atoms in total. The van der Waals surface area contributed by atoms with Gasteiger partial charge in [0.25, 0.3) is 0 Å². The summed E-state index contributed by atoms with van der Waals surface area (Å²) in [6.45, 7) is 5.23. The first-order valence-electron chi connectivity index (χ1n) is 14.2. The average molecular weight is 568 g/mol. The minimum atomic E-state index is -0.491. The normalized spacial score (nSPS) is 13.7. The van der Waals surface area contributed by atoms with Crippen LogP contribution in [0.3, 0.4) is 0 Å². The Morgan fingerprint density at radius 1 is 0.756 bits per heavy atom. The molecule has 212 valence electrons. The smallest absolute Gasteiger partial charge is 0.242 e. The Morgan fingerprint density at radius 2 is 1.37 bits per heavy atom. The number of carbonyl (C=O) groups excluding carboxylic acids is 2. The summed E-state index contributed by atoms with van der Waals surface area (Å²) in [5.41, 5.74) is 2.91. The van der Waals surface area contributed by atoms with Gasteiger partial charge in [0.15, 0.2) is 0 Å². The molecule has 2 heterocycles. The van der Waals surface area contributed by atoms with Crippen molar-refractivity contribution in [1.82, 2.24) is 14.7 Å². The van der Waals surface area contributed by atoms with Gasteiger partial charge in [0, 0.05) is 37.6 Å². The van der Waals surface area contributed by atoms with Gasteiger partial charge in [0.2, 0.25) is 11.8 Å². The lowest BCUT2D eigenvalue weighted by Gasteiger charge is -2.33. The monoisotopic (exact) mass is 567 g/mol. The van der Waals surface area contributed by atoms with Crippen molar-refractivity contribution < 1.29 is 14.3 Å². The van der Waals surface area contributed by atoms with Crippen LogP contribution in [0.5, 0.6) is 0 Å². The van der Waals surface area contributed by atoms with Gasteiger partial charge in [0.1, 0.15) is 0 Å². The van der Waals surface area contributed by atoms with E-state index in [0.717, 1.165) is 34.7 Å². The number of rotatable bonds is 12. The molecule has 2 amide bonds. The zero-order valence-electron chi connectivity index (χ0n) is 23.3. The molecule has 41 heavy (non-hydrogen) atoms. The summed E-state index contributed by atoms with van der Waals surface area (Å²) >= 11 is 1.64. The maximum atomic E-state index is 14.5. The van der Waals surface area contributed by atoms with Gasteiger partial charge in [-0.3, -0.25) is 14.5 Å². The highest BCUT2D eigenvalue weighted by molar-refractivity contribution is 7.09. The molecule has 0 radical (unpaired) electrons. The summed E-state index contributed by atoms with van der Waals surface area (Å²) in [6.07, 6.45) is 0. The second kappa shape index (κ2) is 14.7. The highest BCUT2D eigenvalue weighted by Gasteiger charge is 2.30. The second-order valence-corrected chi connectivity index (χ2v) is 11.3. The third kappa shape index (κ3) is 8.13. The van der Waals surface area contributed by atoms with Crippen LogP contribution in [0, 0.1) is 0 Å². The van der Waals surface area contributed by atoms with Crippen LogP contribution in [0.1, 0.15) is 27.5 Å². The molecule has 5 rings (SSSR count). The third-order valence-electron chi connectivity index (χ3n) is 7.44. The van der Waals surface area contributed by atoms with Crippen LogP contribution in [0.4, 0.5) is 0 Å². The summed E-state index contributed by atoms with van der Waals surface area (Å²) in [7, 11) is 0. The molecule has 7 heteroatoms. The SMILES string of the molecule is O=C(CN(CCN1CCOCC1)C(=O)C(c1ccccc1)c1ccccc1)N(Cc1ccccc1)Cc1cccs1. The van der Waals surface area contributed by atoms with E-state index in [1.165, 1.54) is 0 Å². The average Bonchev–Trinajstić information content (AvgIpc) is 3.54. The second-order valence-electron chi connectivity index (χ2n) is 10.3. The van der Waals surface area contributed by atoms with E-state index in [2.05, 4.69) is 11.0 Å². The minimum Gasteiger partial charge on any atom is -0.379 e. The Balaban J connectivity index is 1.42. The van der Waals surface area contributed by atoms with Crippen molar-refractivity contribution in [1.29, 1.82) is 0 Å². The van der Waals surface area contributed by atoms with E-state index in [9.17, 15) is 9.59 Å². The van der Waals surface area contributed by atoms with Crippen molar-refractivity contribution in [2.24, 2.45) is 0 Å². The van der Waals surface area contributed by atoms with Crippen molar-refractivity contribution in [2.45, 2.75) is 19.0 Å². The van der Waals surface area contributed by atoms with E-state index in [-0.39, 0.29) is 18.4 Å². The molecule has 1 fully saturated rings. The molecule has 0 saturated carbocycles. The fourth-order valence-corrected chi connectivity index (χ4v) is 5.91. The molecular weight excluding hydrogens is 530 g/mol. The summed E-state index contributed by atoms with van der Waals surface area (Å²) < 4.78 is 5.53. The molecule has 4 aromatic rings. The van der Waals surface area contributed by atoms with Crippen LogP contribution in [0.2, 0.25) is 0 Å². The third-order valence-corrected chi connectivity index (χ3v) is 8.30. The Labute approximate surface area is 246 Å². The number of carbonyl (C=O) groups is 2. The highest BCUT2D eigenvalue weighted by Crippen LogP contribution is 2.27. The van der Waals surface area contributed by atoms with Gasteiger partial charge in [-0.25, -0.2) is 0 Å². The van der Waals surface area contributed by atoms with Gasteiger partial charge in [-0.1, -0.05) is 97.1 Å². The molecule has 0 N–H and O–H groups in total. The maximum absolute atomic E-state index is 14.5. The molecule has 1 aromatic heterocycles. The number of thiophene rings is 1. The van der Waals surface area contributed by atoms with E-state index in [0.29, 0.717) is 39.4 Å². The summed E-state index contributed by atoms with van der Waals surface area (Å²) in [4.78, 5) is 35.6. The zero-order chi connectivity index (χ0) is 28.3. The Hall–Kier alpha value is -3.78. The lowest BCUT2D eigenvalue weighted by Crippen LogP contribution is -2.48. The van der Waals surface area contributed by atoms with Gasteiger partial charge >= 0.3 is 0 Å². The molecule has 1 saturated heterocycles. The van der Waals surface area contributed by atoms with E-state index in [1.807, 2.05) is 107 Å². The molecule has 0 spiro atoms. The van der Waals surface area contributed by atoms with E-state index < -0.39 is 5.92 Å². The lowest BCUT2D eigenvalue weighted by molar-refractivity contribution is -0.141. The highest BCUT2D eigenvalue weighted by atomic mass is 32.1. The topological polar surface area (TPSA) is 53.1 Å². The van der Waals surface area contributed by atoms with Gasteiger partial charge in [-0.15, -0.1) is 11.3 Å². The van der Waals surface area contributed by atoms with Crippen molar-refractivity contribution in [3.63, 3.8) is 0 Å². The number of hydrogen-bond acceptors (Lipinski definition) is 5. The maximum Gasteiger partial charge on any atom is 0.242 e. The first-order chi connectivity index (χ1) is 20.2. The molecule has 1 aliphatic rings. The number of benzene rings is 3. The van der Waals surface area contributed by atoms with Crippen molar-refractivity contribution in [2.75, 3.05) is 45.9 Å². The van der Waals surface area contributed by atoms with Crippen LogP contribution in [-0.4, -0.2) is 72.5 Å². The molecule has 3 aromatic carbocycles. The zero-order valence-corrected chi connectivity index (χ0v) is 24.1. The van der Waals surface area contributed by atoms with Gasteiger partial charge in [-0.05, 0) is 28.1 Å². The number of morpholine rings is 1. The summed E-state index contributed by atoms with van der Waals surface area (Å²) in [6, 6.07) is 33.9. The predicted octanol–water partition coefficient (Wildman–Crippen LogP) is 5.27. The fraction of sp³-hybridized carbons (Fsp3) is 0.294. The van der Waals surface area contributed by atoms with Gasteiger partial charge in [-0.2, -0.15) is 0 Å². The van der Waals surface area contributed by atoms with Crippen molar-refractivity contribution in [3.05, 3.63) is 130 Å². The standard InChI is InChI=1S/C34H37N3O3S/c38-32(37(26-31-17-10-24-41-31)25-28-11-4-1-5-12-28)27-36(19-18-35-20-22-40-23-21-35)34(39)33(29-13-6-2-7-14-29)30-15-8-3-9-16-30/h1-17,24,33H,18-23,25-27H2. The van der Waals surface area contributed by atoms with Crippen molar-refractivity contribution in [3.8, 4) is 0 Å². The molecule has 0 atom stereocenters. The van der Waals surface area contributed by atoms with Crippen LogP contribution in [-0.2, 0) is 27.4 Å². The summed E-state index contributed by atoms with van der Waals surface area (Å²) in [5, 5.41) is 2.03. The van der Waals surface area contributed by atoms with Crippen LogP contribution in [0.25, 0.3) is 0 Å². The largest absolute Gasteiger partial charge is 0.379 e. The Morgan fingerprint density at radius 3 is 1.95 bits per heavy atom. The number of hydrogen-bond donors (Lipinski definition) is 0. The minimum absolute atomic E-state index is 0.0253. The molecule has 0 bridgehead atoms. The van der Waals surface area contributed by atoms with Crippen LogP contribution in [0.15, 0.2) is 109 Å².